The summed E-state index contributed by atoms with van der Waals surface area (Å²) in [5.74, 6) is 0.735. The Labute approximate surface area is 136 Å². The second kappa shape index (κ2) is 7.07. The molecule has 1 aliphatic carbocycles. The molecular formula is C16H26BrN3O. The molecule has 0 amide bonds. The largest absolute Gasteiger partial charge is 0.476 e. The highest BCUT2D eigenvalue weighted by Gasteiger charge is 2.25. The topological polar surface area (TPSA) is 37.4 Å². The third-order valence-electron chi connectivity index (χ3n) is 3.55. The molecule has 1 heterocycles. The van der Waals surface area contributed by atoms with Crippen LogP contribution in [0.5, 0.6) is 5.88 Å². The van der Waals surface area contributed by atoms with Crippen LogP contribution in [-0.2, 0) is 6.54 Å². The predicted molar refractivity (Wildman–Crippen MR) is 89.7 cm³/mol. The van der Waals surface area contributed by atoms with E-state index in [0.717, 1.165) is 35.0 Å². The maximum atomic E-state index is 5.89. The summed E-state index contributed by atoms with van der Waals surface area (Å²) >= 11 is 3.48. The van der Waals surface area contributed by atoms with Gasteiger partial charge in [0.15, 0.2) is 0 Å². The maximum absolute atomic E-state index is 5.89. The SMILES string of the molecule is CN(CCOc1ncc(Br)cc1CNC(C)(C)C)C1CC1. The van der Waals surface area contributed by atoms with Crippen molar-refractivity contribution >= 4 is 15.9 Å². The van der Waals surface area contributed by atoms with Gasteiger partial charge < -0.3 is 15.0 Å². The highest BCUT2D eigenvalue weighted by Crippen LogP contribution is 2.25. The molecule has 0 unspecified atom stereocenters. The Morgan fingerprint density at radius 3 is 2.76 bits per heavy atom. The van der Waals surface area contributed by atoms with E-state index in [0.29, 0.717) is 6.61 Å². The molecule has 5 heteroatoms. The summed E-state index contributed by atoms with van der Waals surface area (Å²) in [7, 11) is 2.16. The van der Waals surface area contributed by atoms with Gasteiger partial charge in [0.05, 0.1) is 0 Å². The first kappa shape index (κ1) is 16.7. The average Bonchev–Trinajstić information content (AvgIpc) is 3.21. The molecule has 0 spiro atoms. The number of ether oxygens (including phenoxy) is 1. The molecule has 0 bridgehead atoms. The number of likely N-dealkylation sites (N-methyl/N-ethyl adjacent to an activating group) is 1. The van der Waals surface area contributed by atoms with Crippen LogP contribution in [0.4, 0.5) is 0 Å². The van der Waals surface area contributed by atoms with E-state index in [1.807, 2.05) is 0 Å². The van der Waals surface area contributed by atoms with Crippen molar-refractivity contribution in [1.29, 1.82) is 0 Å². The molecule has 118 valence electrons. The number of pyridine rings is 1. The molecule has 1 saturated carbocycles. The van der Waals surface area contributed by atoms with Crippen molar-refractivity contribution in [3.63, 3.8) is 0 Å². The van der Waals surface area contributed by atoms with Gasteiger partial charge in [-0.25, -0.2) is 4.98 Å². The Kier molecular flexibility index (Phi) is 5.63. The standard InChI is InChI=1S/C16H26BrN3O/c1-16(2,3)19-10-12-9-13(17)11-18-15(12)21-8-7-20(4)14-5-6-14/h9,11,14,19H,5-8,10H2,1-4H3. The van der Waals surface area contributed by atoms with Gasteiger partial charge in [-0.3, -0.25) is 0 Å². The lowest BCUT2D eigenvalue weighted by molar-refractivity contribution is 0.224. The normalized spacial score (nSPS) is 15.5. The molecule has 0 atom stereocenters. The van der Waals surface area contributed by atoms with E-state index < -0.39 is 0 Å². The van der Waals surface area contributed by atoms with Gasteiger partial charge in [0.1, 0.15) is 6.61 Å². The molecule has 1 fully saturated rings. The van der Waals surface area contributed by atoms with Crippen molar-refractivity contribution < 1.29 is 4.74 Å². The predicted octanol–water partition coefficient (Wildman–Crippen LogP) is 3.21. The first-order valence-corrected chi connectivity index (χ1v) is 8.37. The molecule has 0 saturated heterocycles. The zero-order chi connectivity index (χ0) is 15.5. The quantitative estimate of drug-likeness (QED) is 0.814. The van der Waals surface area contributed by atoms with E-state index in [2.05, 4.69) is 65.0 Å². The maximum Gasteiger partial charge on any atom is 0.217 e. The van der Waals surface area contributed by atoms with Crippen LogP contribution in [0.1, 0.15) is 39.2 Å². The van der Waals surface area contributed by atoms with Crippen LogP contribution in [0.3, 0.4) is 0 Å². The molecule has 1 aliphatic rings. The number of aromatic nitrogens is 1. The summed E-state index contributed by atoms with van der Waals surface area (Å²) in [4.78, 5) is 6.78. The first-order chi connectivity index (χ1) is 9.85. The van der Waals surface area contributed by atoms with E-state index in [1.54, 1.807) is 6.20 Å². The molecule has 0 radical (unpaired) electrons. The summed E-state index contributed by atoms with van der Waals surface area (Å²) in [5, 5.41) is 3.48. The van der Waals surface area contributed by atoms with Crippen LogP contribution < -0.4 is 10.1 Å². The van der Waals surface area contributed by atoms with Crippen LogP contribution in [0.2, 0.25) is 0 Å². The number of nitrogens with zero attached hydrogens (tertiary/aromatic N) is 2. The lowest BCUT2D eigenvalue weighted by Gasteiger charge is -2.22. The Bertz CT molecular complexity index is 469. The van der Waals surface area contributed by atoms with E-state index in [4.69, 9.17) is 4.74 Å². The minimum absolute atomic E-state index is 0.0752. The van der Waals surface area contributed by atoms with Crippen molar-refractivity contribution in [2.75, 3.05) is 20.2 Å². The molecule has 1 aromatic rings. The summed E-state index contributed by atoms with van der Waals surface area (Å²) < 4.78 is 6.87. The van der Waals surface area contributed by atoms with Crippen LogP contribution in [0, 0.1) is 0 Å². The lowest BCUT2D eigenvalue weighted by Crippen LogP contribution is -2.35. The highest BCUT2D eigenvalue weighted by atomic mass is 79.9. The Balaban J connectivity index is 1.90. The van der Waals surface area contributed by atoms with E-state index >= 15 is 0 Å². The van der Waals surface area contributed by atoms with Crippen molar-refractivity contribution in [2.24, 2.45) is 0 Å². The number of rotatable bonds is 7. The van der Waals surface area contributed by atoms with Gasteiger partial charge in [0.25, 0.3) is 0 Å². The van der Waals surface area contributed by atoms with Crippen molar-refractivity contribution in [3.8, 4) is 5.88 Å². The minimum atomic E-state index is 0.0752. The second-order valence-electron chi connectivity index (χ2n) is 6.78. The summed E-state index contributed by atoms with van der Waals surface area (Å²) in [5.41, 5.74) is 1.17. The molecule has 0 aliphatic heterocycles. The fourth-order valence-corrected chi connectivity index (χ4v) is 2.45. The van der Waals surface area contributed by atoms with Crippen molar-refractivity contribution in [2.45, 2.75) is 51.7 Å². The number of nitrogens with one attached hydrogen (secondary N) is 1. The zero-order valence-electron chi connectivity index (χ0n) is 13.4. The van der Waals surface area contributed by atoms with Gasteiger partial charge in [-0.1, -0.05) is 0 Å². The van der Waals surface area contributed by atoms with Gasteiger partial charge in [0, 0.05) is 40.9 Å². The number of hydrogen-bond acceptors (Lipinski definition) is 4. The van der Waals surface area contributed by atoms with Gasteiger partial charge in [-0.05, 0) is 62.7 Å². The highest BCUT2D eigenvalue weighted by molar-refractivity contribution is 9.10. The van der Waals surface area contributed by atoms with Crippen LogP contribution in [0.25, 0.3) is 0 Å². The third kappa shape index (κ3) is 5.93. The monoisotopic (exact) mass is 355 g/mol. The van der Waals surface area contributed by atoms with Gasteiger partial charge in [-0.15, -0.1) is 0 Å². The van der Waals surface area contributed by atoms with E-state index in [1.165, 1.54) is 12.8 Å². The third-order valence-corrected chi connectivity index (χ3v) is 3.99. The Morgan fingerprint density at radius 1 is 1.43 bits per heavy atom. The van der Waals surface area contributed by atoms with Crippen molar-refractivity contribution in [3.05, 3.63) is 22.3 Å². The van der Waals surface area contributed by atoms with E-state index in [9.17, 15) is 0 Å². The van der Waals surface area contributed by atoms with Crippen molar-refractivity contribution in [1.82, 2.24) is 15.2 Å². The molecule has 0 aromatic carbocycles. The fraction of sp³-hybridized carbons (Fsp3) is 0.688. The molecule has 4 nitrogen and oxygen atoms in total. The lowest BCUT2D eigenvalue weighted by atomic mass is 10.1. The fourth-order valence-electron chi connectivity index (χ4n) is 2.07. The first-order valence-electron chi connectivity index (χ1n) is 7.57. The van der Waals surface area contributed by atoms with Crippen LogP contribution in [-0.4, -0.2) is 41.7 Å². The molecular weight excluding hydrogens is 330 g/mol. The minimum Gasteiger partial charge on any atom is -0.476 e. The zero-order valence-corrected chi connectivity index (χ0v) is 15.0. The summed E-state index contributed by atoms with van der Waals surface area (Å²) in [6.07, 6.45) is 4.45. The molecule has 1 N–H and O–H groups in total. The van der Waals surface area contributed by atoms with Gasteiger partial charge in [0.2, 0.25) is 5.88 Å². The Hall–Kier alpha value is -0.650. The van der Waals surface area contributed by atoms with Gasteiger partial charge >= 0.3 is 0 Å². The average molecular weight is 356 g/mol. The molecule has 2 rings (SSSR count). The Morgan fingerprint density at radius 2 is 2.14 bits per heavy atom. The van der Waals surface area contributed by atoms with E-state index in [-0.39, 0.29) is 5.54 Å². The van der Waals surface area contributed by atoms with Crippen LogP contribution in [0.15, 0.2) is 16.7 Å². The number of hydrogen-bond donors (Lipinski definition) is 1. The summed E-state index contributed by atoms with van der Waals surface area (Å²) in [6, 6.07) is 2.85. The molecule has 1 aromatic heterocycles. The smallest absolute Gasteiger partial charge is 0.217 e. The van der Waals surface area contributed by atoms with Gasteiger partial charge in [-0.2, -0.15) is 0 Å². The van der Waals surface area contributed by atoms with Crippen LogP contribution >= 0.6 is 15.9 Å². The number of halogens is 1. The summed E-state index contributed by atoms with van der Waals surface area (Å²) in [6.45, 7) is 8.86. The second-order valence-corrected chi connectivity index (χ2v) is 7.70. The molecule has 21 heavy (non-hydrogen) atoms.